The van der Waals surface area contributed by atoms with Crippen molar-refractivity contribution in [2.45, 2.75) is 26.3 Å². The molecule has 1 aliphatic rings. The van der Waals surface area contributed by atoms with Crippen LogP contribution in [-0.2, 0) is 9.53 Å². The molecule has 94 valence electrons. The predicted octanol–water partition coefficient (Wildman–Crippen LogP) is -0.419. The topological polar surface area (TPSA) is 75.8 Å². The second-order valence-electron chi connectivity index (χ2n) is 5.64. The van der Waals surface area contributed by atoms with Crippen molar-refractivity contribution in [3.05, 3.63) is 0 Å². The van der Waals surface area contributed by atoms with Gasteiger partial charge < -0.3 is 15.6 Å². The molecule has 0 aliphatic carbocycles. The number of primary amides is 1. The van der Waals surface area contributed by atoms with E-state index < -0.39 is 0 Å². The van der Waals surface area contributed by atoms with Crippen LogP contribution in [0.4, 0.5) is 0 Å². The van der Waals surface area contributed by atoms with E-state index in [0.29, 0.717) is 19.8 Å². The molecule has 1 aliphatic heterocycles. The number of hydrogen-bond acceptors (Lipinski definition) is 4. The van der Waals surface area contributed by atoms with Gasteiger partial charge in [0.2, 0.25) is 5.91 Å². The Hall–Kier alpha value is -0.650. The second kappa shape index (κ2) is 4.69. The van der Waals surface area contributed by atoms with Crippen molar-refractivity contribution in [3.8, 4) is 0 Å². The van der Waals surface area contributed by atoms with E-state index in [1.165, 1.54) is 0 Å². The Morgan fingerprint density at radius 3 is 2.31 bits per heavy atom. The summed E-state index contributed by atoms with van der Waals surface area (Å²) in [6.07, 6.45) is 0. The molecule has 1 saturated heterocycles. The van der Waals surface area contributed by atoms with E-state index >= 15 is 0 Å². The fourth-order valence-corrected chi connectivity index (χ4v) is 1.75. The maximum atomic E-state index is 11.0. The summed E-state index contributed by atoms with van der Waals surface area (Å²) in [5.74, 6) is -0.344. The first kappa shape index (κ1) is 13.4. The SMILES string of the molecule is CC(C)(C)N(CC(N)=O)CC1(CO)COC1. The highest BCUT2D eigenvalue weighted by Gasteiger charge is 2.41. The molecule has 3 N–H and O–H groups in total. The molecule has 0 saturated carbocycles. The van der Waals surface area contributed by atoms with E-state index in [9.17, 15) is 9.90 Å². The molecular weight excluding hydrogens is 208 g/mol. The summed E-state index contributed by atoms with van der Waals surface area (Å²) in [6, 6.07) is 0. The Balaban J connectivity index is 2.66. The van der Waals surface area contributed by atoms with Crippen molar-refractivity contribution in [1.82, 2.24) is 4.90 Å². The maximum Gasteiger partial charge on any atom is 0.231 e. The van der Waals surface area contributed by atoms with E-state index in [1.807, 2.05) is 25.7 Å². The molecule has 0 spiro atoms. The molecule has 0 bridgehead atoms. The van der Waals surface area contributed by atoms with Gasteiger partial charge in [-0.25, -0.2) is 0 Å². The summed E-state index contributed by atoms with van der Waals surface area (Å²) in [5.41, 5.74) is 4.87. The van der Waals surface area contributed by atoms with Gasteiger partial charge >= 0.3 is 0 Å². The van der Waals surface area contributed by atoms with Crippen molar-refractivity contribution in [1.29, 1.82) is 0 Å². The number of aliphatic hydroxyl groups is 1. The lowest BCUT2D eigenvalue weighted by atomic mass is 9.85. The van der Waals surface area contributed by atoms with Gasteiger partial charge in [-0.2, -0.15) is 0 Å². The van der Waals surface area contributed by atoms with Gasteiger partial charge in [-0.3, -0.25) is 9.69 Å². The number of carbonyl (C=O) groups excluding carboxylic acids is 1. The van der Waals surface area contributed by atoms with Gasteiger partial charge in [0.1, 0.15) is 0 Å². The van der Waals surface area contributed by atoms with Crippen LogP contribution < -0.4 is 5.73 Å². The Labute approximate surface area is 96.6 Å². The number of nitrogens with two attached hydrogens (primary N) is 1. The molecule has 16 heavy (non-hydrogen) atoms. The van der Waals surface area contributed by atoms with Gasteiger partial charge in [0.25, 0.3) is 0 Å². The smallest absolute Gasteiger partial charge is 0.231 e. The third-order valence-corrected chi connectivity index (χ3v) is 2.97. The normalized spacial score (nSPS) is 19.6. The molecule has 5 heteroatoms. The number of carbonyl (C=O) groups is 1. The zero-order valence-corrected chi connectivity index (χ0v) is 10.3. The first-order chi connectivity index (χ1) is 7.29. The average molecular weight is 230 g/mol. The predicted molar refractivity (Wildman–Crippen MR) is 60.9 cm³/mol. The zero-order valence-electron chi connectivity index (χ0n) is 10.3. The van der Waals surface area contributed by atoms with Gasteiger partial charge in [-0.05, 0) is 20.8 Å². The summed E-state index contributed by atoms with van der Waals surface area (Å²) in [7, 11) is 0. The van der Waals surface area contributed by atoms with Crippen LogP contribution in [0.5, 0.6) is 0 Å². The molecule has 0 unspecified atom stereocenters. The van der Waals surface area contributed by atoms with Gasteiger partial charge in [0.05, 0.1) is 31.8 Å². The first-order valence-corrected chi connectivity index (χ1v) is 5.51. The molecule has 1 rings (SSSR count). The third-order valence-electron chi connectivity index (χ3n) is 2.97. The molecule has 1 fully saturated rings. The number of rotatable bonds is 5. The number of aliphatic hydroxyl groups excluding tert-OH is 1. The zero-order chi connectivity index (χ0) is 12.4. The van der Waals surface area contributed by atoms with E-state index in [0.717, 1.165) is 0 Å². The summed E-state index contributed by atoms with van der Waals surface area (Å²) in [4.78, 5) is 13.0. The van der Waals surface area contributed by atoms with E-state index in [2.05, 4.69) is 0 Å². The molecule has 5 nitrogen and oxygen atoms in total. The molecule has 0 aromatic carbocycles. The van der Waals surface area contributed by atoms with Gasteiger partial charge in [0.15, 0.2) is 0 Å². The Morgan fingerprint density at radius 1 is 1.50 bits per heavy atom. The summed E-state index contributed by atoms with van der Waals surface area (Å²) >= 11 is 0. The van der Waals surface area contributed by atoms with Crippen molar-refractivity contribution >= 4 is 5.91 Å². The lowest BCUT2D eigenvalue weighted by molar-refractivity contribution is -0.157. The lowest BCUT2D eigenvalue weighted by Gasteiger charge is -2.46. The summed E-state index contributed by atoms with van der Waals surface area (Å²) in [6.45, 7) is 8.12. The third kappa shape index (κ3) is 3.17. The Bertz CT molecular complexity index is 251. The monoisotopic (exact) mass is 230 g/mol. The van der Waals surface area contributed by atoms with Crippen molar-refractivity contribution < 1.29 is 14.6 Å². The number of nitrogens with zero attached hydrogens (tertiary/aromatic N) is 1. The van der Waals surface area contributed by atoms with Crippen LogP contribution in [0.15, 0.2) is 0 Å². The molecule has 0 atom stereocenters. The first-order valence-electron chi connectivity index (χ1n) is 5.51. The largest absolute Gasteiger partial charge is 0.396 e. The van der Waals surface area contributed by atoms with Crippen LogP contribution in [0, 0.1) is 5.41 Å². The van der Waals surface area contributed by atoms with Gasteiger partial charge in [0, 0.05) is 12.1 Å². The molecule has 0 aromatic rings. The van der Waals surface area contributed by atoms with Crippen LogP contribution >= 0.6 is 0 Å². The standard InChI is InChI=1S/C11H22N2O3/c1-10(2,3)13(4-9(12)15)5-11(6-14)7-16-8-11/h14H,4-8H2,1-3H3,(H2,12,15). The van der Waals surface area contributed by atoms with Crippen molar-refractivity contribution in [2.75, 3.05) is 32.9 Å². The molecule has 1 heterocycles. The van der Waals surface area contributed by atoms with Gasteiger partial charge in [-0.15, -0.1) is 0 Å². The van der Waals surface area contributed by atoms with Crippen LogP contribution in [0.3, 0.4) is 0 Å². The van der Waals surface area contributed by atoms with E-state index in [-0.39, 0.29) is 30.0 Å². The fourth-order valence-electron chi connectivity index (χ4n) is 1.75. The minimum Gasteiger partial charge on any atom is -0.396 e. The quantitative estimate of drug-likeness (QED) is 0.672. The maximum absolute atomic E-state index is 11.0. The number of hydrogen-bond donors (Lipinski definition) is 2. The molecule has 0 aromatic heterocycles. The average Bonchev–Trinajstić information content (AvgIpc) is 2.06. The highest BCUT2D eigenvalue weighted by atomic mass is 16.5. The molecule has 1 amide bonds. The highest BCUT2D eigenvalue weighted by molar-refractivity contribution is 5.76. The number of amides is 1. The minimum atomic E-state index is -0.344. The van der Waals surface area contributed by atoms with Gasteiger partial charge in [-0.1, -0.05) is 0 Å². The van der Waals surface area contributed by atoms with Crippen LogP contribution in [0.2, 0.25) is 0 Å². The van der Waals surface area contributed by atoms with E-state index in [1.54, 1.807) is 0 Å². The lowest BCUT2D eigenvalue weighted by Crippen LogP contribution is -2.58. The molecular formula is C11H22N2O3. The highest BCUT2D eigenvalue weighted by Crippen LogP contribution is 2.30. The van der Waals surface area contributed by atoms with Crippen molar-refractivity contribution in [2.24, 2.45) is 11.1 Å². The van der Waals surface area contributed by atoms with E-state index in [4.69, 9.17) is 10.5 Å². The van der Waals surface area contributed by atoms with Crippen LogP contribution in [0.1, 0.15) is 20.8 Å². The minimum absolute atomic E-state index is 0.0817. The summed E-state index contributed by atoms with van der Waals surface area (Å²) < 4.78 is 5.14. The number of ether oxygens (including phenoxy) is 1. The molecule has 0 radical (unpaired) electrons. The Morgan fingerprint density at radius 2 is 2.06 bits per heavy atom. The summed E-state index contributed by atoms with van der Waals surface area (Å²) in [5, 5.41) is 9.36. The Kier molecular flexibility index (Phi) is 3.93. The fraction of sp³-hybridized carbons (Fsp3) is 0.909. The second-order valence-corrected chi connectivity index (χ2v) is 5.64. The van der Waals surface area contributed by atoms with Crippen LogP contribution in [-0.4, -0.2) is 54.4 Å². The van der Waals surface area contributed by atoms with Crippen LogP contribution in [0.25, 0.3) is 0 Å². The van der Waals surface area contributed by atoms with Crippen molar-refractivity contribution in [3.63, 3.8) is 0 Å².